The van der Waals surface area contributed by atoms with Gasteiger partial charge in [-0.05, 0) is 24.6 Å². The number of aromatic nitrogens is 2. The smallest absolute Gasteiger partial charge is 0.237 e. The van der Waals surface area contributed by atoms with E-state index in [0.29, 0.717) is 18.9 Å². The van der Waals surface area contributed by atoms with E-state index in [1.54, 1.807) is 0 Å². The van der Waals surface area contributed by atoms with Crippen LogP contribution in [0.4, 0.5) is 5.69 Å². The molecule has 0 atom stereocenters. The summed E-state index contributed by atoms with van der Waals surface area (Å²) in [5, 5.41) is 0.730. The van der Waals surface area contributed by atoms with Crippen molar-refractivity contribution in [3.8, 4) is 28.3 Å². The van der Waals surface area contributed by atoms with E-state index in [9.17, 15) is 4.79 Å². The second-order valence-corrected chi connectivity index (χ2v) is 8.62. The molecule has 1 aliphatic heterocycles. The predicted octanol–water partition coefficient (Wildman–Crippen LogP) is 5.57. The molecule has 0 aliphatic carbocycles. The van der Waals surface area contributed by atoms with E-state index in [1.165, 1.54) is 11.8 Å². The third kappa shape index (κ3) is 4.14. The number of nitrogens with zero attached hydrogens (tertiary/aromatic N) is 2. The highest BCUT2D eigenvalue weighted by Crippen LogP contribution is 2.35. The summed E-state index contributed by atoms with van der Waals surface area (Å²) >= 11 is 1.43. The van der Waals surface area contributed by atoms with E-state index < -0.39 is 0 Å². The summed E-state index contributed by atoms with van der Waals surface area (Å²) in [4.78, 5) is 23.2. The van der Waals surface area contributed by atoms with E-state index in [1.807, 2.05) is 66.4 Å². The minimum atomic E-state index is 0.0454. The Bertz CT molecular complexity index is 1180. The summed E-state index contributed by atoms with van der Waals surface area (Å²) < 4.78 is 5.72. The van der Waals surface area contributed by atoms with Crippen LogP contribution in [0.1, 0.15) is 5.56 Å². The van der Waals surface area contributed by atoms with Crippen molar-refractivity contribution < 1.29 is 9.53 Å². The van der Waals surface area contributed by atoms with Crippen molar-refractivity contribution >= 4 is 23.4 Å². The molecule has 0 bridgehead atoms. The summed E-state index contributed by atoms with van der Waals surface area (Å²) in [6.07, 6.45) is 0. The van der Waals surface area contributed by atoms with Gasteiger partial charge in [-0.3, -0.25) is 4.79 Å². The second-order valence-electron chi connectivity index (χ2n) is 7.65. The summed E-state index contributed by atoms with van der Waals surface area (Å²) in [7, 11) is 0. The summed E-state index contributed by atoms with van der Waals surface area (Å²) in [6.45, 7) is 3.08. The number of rotatable bonds is 5. The highest BCUT2D eigenvalue weighted by atomic mass is 32.2. The summed E-state index contributed by atoms with van der Waals surface area (Å²) in [6, 6.07) is 26.2. The van der Waals surface area contributed by atoms with Crippen LogP contribution in [0.3, 0.4) is 0 Å². The van der Waals surface area contributed by atoms with E-state index in [2.05, 4.69) is 29.2 Å². The van der Waals surface area contributed by atoms with Crippen molar-refractivity contribution in [1.82, 2.24) is 9.97 Å². The highest BCUT2D eigenvalue weighted by molar-refractivity contribution is 7.99. The van der Waals surface area contributed by atoms with Gasteiger partial charge in [0, 0.05) is 11.1 Å². The Labute approximate surface area is 191 Å². The molecular weight excluding hydrogens is 418 g/mol. The van der Waals surface area contributed by atoms with Crippen molar-refractivity contribution in [2.75, 3.05) is 23.8 Å². The van der Waals surface area contributed by atoms with Crippen LogP contribution in [0, 0.1) is 6.92 Å². The van der Waals surface area contributed by atoms with E-state index >= 15 is 0 Å². The first-order valence-electron chi connectivity index (χ1n) is 10.6. The van der Waals surface area contributed by atoms with Crippen molar-refractivity contribution in [2.45, 2.75) is 12.1 Å². The molecule has 1 aliphatic rings. The molecular formula is C26H23N3O2S. The van der Waals surface area contributed by atoms with Crippen LogP contribution in [-0.2, 0) is 4.79 Å². The molecule has 4 aromatic rings. The number of amides is 1. The number of fused-ring (bicyclic) bond motifs is 1. The Kier molecular flexibility index (Phi) is 5.69. The van der Waals surface area contributed by atoms with Crippen LogP contribution in [0.15, 0.2) is 84.0 Å². The van der Waals surface area contributed by atoms with Gasteiger partial charge in [0.05, 0.1) is 29.4 Å². The number of aryl methyl sites for hydroxylation is 1. The number of imidazole rings is 1. The van der Waals surface area contributed by atoms with Crippen LogP contribution in [-0.4, -0.2) is 34.8 Å². The van der Waals surface area contributed by atoms with Crippen molar-refractivity contribution in [3.63, 3.8) is 0 Å². The van der Waals surface area contributed by atoms with Crippen molar-refractivity contribution in [3.05, 3.63) is 84.4 Å². The number of anilines is 1. The minimum absolute atomic E-state index is 0.0454. The number of ether oxygens (including phenoxy) is 1. The number of hydrogen-bond acceptors (Lipinski definition) is 4. The minimum Gasteiger partial charge on any atom is -0.490 e. The molecule has 6 heteroatoms. The molecule has 5 rings (SSSR count). The lowest BCUT2D eigenvalue weighted by Gasteiger charge is -2.29. The zero-order valence-corrected chi connectivity index (χ0v) is 18.6. The topological polar surface area (TPSA) is 58.2 Å². The Morgan fingerprint density at radius 2 is 1.75 bits per heavy atom. The van der Waals surface area contributed by atoms with Gasteiger partial charge < -0.3 is 14.6 Å². The van der Waals surface area contributed by atoms with Gasteiger partial charge in [-0.1, -0.05) is 78.5 Å². The molecule has 1 aromatic heterocycles. The van der Waals surface area contributed by atoms with Crippen LogP contribution in [0.5, 0.6) is 5.75 Å². The maximum Gasteiger partial charge on any atom is 0.237 e. The van der Waals surface area contributed by atoms with Crippen LogP contribution in [0.25, 0.3) is 22.5 Å². The molecule has 0 unspecified atom stereocenters. The molecule has 0 saturated carbocycles. The fourth-order valence-corrected chi connectivity index (χ4v) is 4.58. The van der Waals surface area contributed by atoms with Crippen molar-refractivity contribution in [2.24, 2.45) is 0 Å². The molecule has 1 amide bonds. The number of benzene rings is 3. The number of nitrogens with one attached hydrogen (secondary N) is 1. The molecule has 1 N–H and O–H groups in total. The van der Waals surface area contributed by atoms with Crippen LogP contribution < -0.4 is 9.64 Å². The molecule has 0 radical (unpaired) electrons. The lowest BCUT2D eigenvalue weighted by atomic mass is 10.1. The zero-order valence-electron chi connectivity index (χ0n) is 17.7. The molecule has 5 nitrogen and oxygen atoms in total. The molecule has 160 valence electrons. The van der Waals surface area contributed by atoms with E-state index in [-0.39, 0.29) is 5.91 Å². The maximum atomic E-state index is 13.1. The number of aromatic amines is 1. The monoisotopic (exact) mass is 441 g/mol. The Morgan fingerprint density at radius 3 is 2.50 bits per heavy atom. The normalized spacial score (nSPS) is 12.8. The van der Waals surface area contributed by atoms with Gasteiger partial charge in [-0.15, -0.1) is 0 Å². The first-order chi connectivity index (χ1) is 15.7. The lowest BCUT2D eigenvalue weighted by molar-refractivity contribution is -0.116. The van der Waals surface area contributed by atoms with E-state index in [0.717, 1.165) is 44.7 Å². The average Bonchev–Trinajstić information content (AvgIpc) is 3.27. The molecule has 0 spiro atoms. The maximum absolute atomic E-state index is 13.1. The van der Waals surface area contributed by atoms with Crippen LogP contribution in [0.2, 0.25) is 0 Å². The number of carbonyl (C=O) groups is 1. The number of carbonyl (C=O) groups excluding carboxylic acids is 1. The SMILES string of the molecule is Cc1ccc2c(c1)N(C(=O)CSc1nc(-c3ccccc3)c(-c3ccccc3)[nH]1)CCO2. The Hall–Kier alpha value is -3.51. The largest absolute Gasteiger partial charge is 0.490 e. The van der Waals surface area contributed by atoms with E-state index in [4.69, 9.17) is 9.72 Å². The fourth-order valence-electron chi connectivity index (χ4n) is 3.83. The van der Waals surface area contributed by atoms with Gasteiger partial charge >= 0.3 is 0 Å². The van der Waals surface area contributed by atoms with Gasteiger partial charge in [0.15, 0.2) is 5.16 Å². The van der Waals surface area contributed by atoms with Gasteiger partial charge in [-0.2, -0.15) is 0 Å². The third-order valence-electron chi connectivity index (χ3n) is 5.40. The first kappa shape index (κ1) is 20.4. The van der Waals surface area contributed by atoms with Gasteiger partial charge in [0.1, 0.15) is 12.4 Å². The summed E-state index contributed by atoms with van der Waals surface area (Å²) in [5.41, 5.74) is 5.90. The quantitative estimate of drug-likeness (QED) is 0.411. The third-order valence-corrected chi connectivity index (χ3v) is 6.26. The Morgan fingerprint density at radius 1 is 1.03 bits per heavy atom. The van der Waals surface area contributed by atoms with Crippen LogP contribution >= 0.6 is 11.8 Å². The average molecular weight is 442 g/mol. The molecule has 0 fully saturated rings. The highest BCUT2D eigenvalue weighted by Gasteiger charge is 2.24. The molecule has 3 aromatic carbocycles. The van der Waals surface area contributed by atoms with Gasteiger partial charge in [-0.25, -0.2) is 4.98 Å². The first-order valence-corrected chi connectivity index (χ1v) is 11.5. The number of H-pyrrole nitrogens is 1. The second kappa shape index (κ2) is 8.93. The van der Waals surface area contributed by atoms with Gasteiger partial charge in [0.2, 0.25) is 5.91 Å². The Balaban J connectivity index is 1.39. The van der Waals surface area contributed by atoms with Gasteiger partial charge in [0.25, 0.3) is 0 Å². The zero-order chi connectivity index (χ0) is 21.9. The predicted molar refractivity (Wildman–Crippen MR) is 129 cm³/mol. The number of hydrogen-bond donors (Lipinski definition) is 1. The summed E-state index contributed by atoms with van der Waals surface area (Å²) in [5.74, 6) is 1.10. The fraction of sp³-hybridized carbons (Fsp3) is 0.154. The molecule has 2 heterocycles. The lowest BCUT2D eigenvalue weighted by Crippen LogP contribution is -2.39. The van der Waals surface area contributed by atoms with Crippen molar-refractivity contribution in [1.29, 1.82) is 0 Å². The standard InChI is InChI=1S/C26H23N3O2S/c1-18-12-13-22-21(16-18)29(14-15-31-22)23(30)17-32-26-27-24(19-8-4-2-5-9-19)25(28-26)20-10-6-3-7-11-20/h2-13,16H,14-15,17H2,1H3,(H,27,28). The molecule has 32 heavy (non-hydrogen) atoms. The number of thioether (sulfide) groups is 1. The molecule has 0 saturated heterocycles.